The number of benzene rings is 1. The van der Waals surface area contributed by atoms with Crippen molar-refractivity contribution in [3.63, 3.8) is 0 Å². The highest BCUT2D eigenvalue weighted by Gasteiger charge is 2.15. The first-order valence-corrected chi connectivity index (χ1v) is 7.52. The minimum Gasteiger partial charge on any atom is -0.372 e. The molecule has 0 aromatic heterocycles. The third-order valence-electron chi connectivity index (χ3n) is 3.31. The van der Waals surface area contributed by atoms with Crippen molar-refractivity contribution in [1.82, 2.24) is 5.32 Å². The molecule has 0 aliphatic rings. The topological polar surface area (TPSA) is 15.3 Å². The van der Waals surface area contributed by atoms with E-state index < -0.39 is 0 Å². The molecule has 3 heteroatoms. The van der Waals surface area contributed by atoms with Crippen LogP contribution in [0.25, 0.3) is 0 Å². The van der Waals surface area contributed by atoms with Gasteiger partial charge in [0.2, 0.25) is 0 Å². The number of rotatable bonds is 6. The fourth-order valence-corrected chi connectivity index (χ4v) is 2.32. The lowest BCUT2D eigenvalue weighted by atomic mass is 10.0. The number of nitrogens with zero attached hydrogens (tertiary/aromatic N) is 1. The van der Waals surface area contributed by atoms with Crippen LogP contribution in [0.3, 0.4) is 0 Å². The largest absolute Gasteiger partial charge is 0.372 e. The number of hydrogen-bond acceptors (Lipinski definition) is 2. The SMILES string of the molecule is CCCNC(C)c1cc(Br)ccc1N(C)C(C)C. The predicted octanol–water partition coefficient (Wildman–Crippen LogP) is 4.35. The Balaban J connectivity index is 3.03. The summed E-state index contributed by atoms with van der Waals surface area (Å²) in [6.07, 6.45) is 1.16. The van der Waals surface area contributed by atoms with Gasteiger partial charge >= 0.3 is 0 Å². The van der Waals surface area contributed by atoms with Gasteiger partial charge in [0.15, 0.2) is 0 Å². The van der Waals surface area contributed by atoms with E-state index in [9.17, 15) is 0 Å². The van der Waals surface area contributed by atoms with Gasteiger partial charge < -0.3 is 10.2 Å². The lowest BCUT2D eigenvalue weighted by molar-refractivity contribution is 0.568. The van der Waals surface area contributed by atoms with Crippen molar-refractivity contribution >= 4 is 21.6 Å². The molecule has 0 aliphatic heterocycles. The standard InChI is InChI=1S/C15H25BrN2/c1-6-9-17-12(4)14-10-13(16)7-8-15(14)18(5)11(2)3/h7-8,10-12,17H,6,9H2,1-5H3. The minimum atomic E-state index is 0.374. The summed E-state index contributed by atoms with van der Waals surface area (Å²) in [5.41, 5.74) is 2.67. The Morgan fingerprint density at radius 3 is 2.50 bits per heavy atom. The second-order valence-corrected chi connectivity index (χ2v) is 6.00. The second kappa shape index (κ2) is 7.15. The van der Waals surface area contributed by atoms with Gasteiger partial charge in [-0.2, -0.15) is 0 Å². The van der Waals surface area contributed by atoms with Gasteiger partial charge in [-0.15, -0.1) is 0 Å². The van der Waals surface area contributed by atoms with Gasteiger partial charge in [0.1, 0.15) is 0 Å². The highest BCUT2D eigenvalue weighted by Crippen LogP contribution is 2.29. The van der Waals surface area contributed by atoms with Crippen LogP contribution < -0.4 is 10.2 Å². The van der Waals surface area contributed by atoms with Crippen molar-refractivity contribution in [3.8, 4) is 0 Å². The van der Waals surface area contributed by atoms with E-state index in [1.54, 1.807) is 0 Å². The van der Waals surface area contributed by atoms with Crippen LogP contribution in [0.2, 0.25) is 0 Å². The van der Waals surface area contributed by atoms with Crippen LogP contribution >= 0.6 is 15.9 Å². The molecule has 1 N–H and O–H groups in total. The van der Waals surface area contributed by atoms with Crippen molar-refractivity contribution < 1.29 is 0 Å². The molecule has 2 nitrogen and oxygen atoms in total. The molecule has 0 heterocycles. The Bertz CT molecular complexity index is 377. The van der Waals surface area contributed by atoms with Gasteiger partial charge in [-0.25, -0.2) is 0 Å². The van der Waals surface area contributed by atoms with Crippen LogP contribution in [0.15, 0.2) is 22.7 Å². The number of hydrogen-bond donors (Lipinski definition) is 1. The van der Waals surface area contributed by atoms with E-state index in [4.69, 9.17) is 0 Å². The summed E-state index contributed by atoms with van der Waals surface area (Å²) in [7, 11) is 2.16. The third-order valence-corrected chi connectivity index (χ3v) is 3.80. The average Bonchev–Trinajstić information content (AvgIpc) is 2.34. The summed E-state index contributed by atoms with van der Waals surface area (Å²) in [6.45, 7) is 9.92. The molecule has 1 aromatic rings. The zero-order chi connectivity index (χ0) is 13.7. The highest BCUT2D eigenvalue weighted by atomic mass is 79.9. The molecule has 102 valence electrons. The first kappa shape index (κ1) is 15.5. The Morgan fingerprint density at radius 2 is 1.94 bits per heavy atom. The minimum absolute atomic E-state index is 0.374. The fraction of sp³-hybridized carbons (Fsp3) is 0.600. The maximum absolute atomic E-state index is 3.57. The van der Waals surface area contributed by atoms with E-state index in [1.165, 1.54) is 11.3 Å². The normalized spacial score (nSPS) is 12.8. The van der Waals surface area contributed by atoms with Gasteiger partial charge in [-0.3, -0.25) is 0 Å². The zero-order valence-electron chi connectivity index (χ0n) is 12.1. The molecule has 0 aliphatic carbocycles. The van der Waals surface area contributed by atoms with Crippen LogP contribution in [-0.4, -0.2) is 19.6 Å². The molecule has 0 bridgehead atoms. The van der Waals surface area contributed by atoms with Gasteiger partial charge in [0.25, 0.3) is 0 Å². The smallest absolute Gasteiger partial charge is 0.0415 e. The van der Waals surface area contributed by atoms with E-state index in [2.05, 4.69) is 79.1 Å². The molecule has 0 amide bonds. The molecule has 1 rings (SSSR count). The van der Waals surface area contributed by atoms with E-state index in [0.717, 1.165) is 17.4 Å². The summed E-state index contributed by atoms with van der Waals surface area (Å²) in [5, 5.41) is 3.56. The highest BCUT2D eigenvalue weighted by molar-refractivity contribution is 9.10. The summed E-state index contributed by atoms with van der Waals surface area (Å²) in [4.78, 5) is 2.33. The van der Waals surface area contributed by atoms with Crippen molar-refractivity contribution in [2.75, 3.05) is 18.5 Å². The van der Waals surface area contributed by atoms with Gasteiger partial charge in [0.05, 0.1) is 0 Å². The average molecular weight is 313 g/mol. The number of anilines is 1. The predicted molar refractivity (Wildman–Crippen MR) is 84.4 cm³/mol. The maximum atomic E-state index is 3.57. The van der Waals surface area contributed by atoms with Crippen molar-refractivity contribution in [2.24, 2.45) is 0 Å². The molecular formula is C15H25BrN2. The van der Waals surface area contributed by atoms with Crippen LogP contribution in [-0.2, 0) is 0 Å². The Labute approximate surface area is 120 Å². The van der Waals surface area contributed by atoms with Crippen LogP contribution in [0, 0.1) is 0 Å². The second-order valence-electron chi connectivity index (χ2n) is 5.08. The summed E-state index contributed by atoms with van der Waals surface area (Å²) in [5.74, 6) is 0. The van der Waals surface area contributed by atoms with Crippen LogP contribution in [0.1, 0.15) is 45.7 Å². The van der Waals surface area contributed by atoms with Gasteiger partial charge in [0, 0.05) is 29.3 Å². The first-order valence-electron chi connectivity index (χ1n) is 6.73. The van der Waals surface area contributed by atoms with E-state index in [1.807, 2.05) is 0 Å². The first-order chi connectivity index (χ1) is 8.47. The van der Waals surface area contributed by atoms with Crippen LogP contribution in [0.4, 0.5) is 5.69 Å². The monoisotopic (exact) mass is 312 g/mol. The lowest BCUT2D eigenvalue weighted by Crippen LogP contribution is -2.29. The summed E-state index contributed by atoms with van der Waals surface area (Å²) < 4.78 is 1.14. The zero-order valence-corrected chi connectivity index (χ0v) is 13.7. The quantitative estimate of drug-likeness (QED) is 0.840. The van der Waals surface area contributed by atoms with E-state index in [0.29, 0.717) is 12.1 Å². The molecule has 1 atom stereocenters. The number of nitrogens with one attached hydrogen (secondary N) is 1. The molecule has 0 saturated carbocycles. The Morgan fingerprint density at radius 1 is 1.28 bits per heavy atom. The molecule has 0 spiro atoms. The maximum Gasteiger partial charge on any atom is 0.0415 e. The van der Waals surface area contributed by atoms with Gasteiger partial charge in [-0.1, -0.05) is 22.9 Å². The fourth-order valence-electron chi connectivity index (χ4n) is 1.94. The molecule has 18 heavy (non-hydrogen) atoms. The summed E-state index contributed by atoms with van der Waals surface area (Å²) >= 11 is 3.57. The third kappa shape index (κ3) is 3.99. The van der Waals surface area contributed by atoms with Gasteiger partial charge in [-0.05, 0) is 57.5 Å². The number of halogens is 1. The van der Waals surface area contributed by atoms with Crippen molar-refractivity contribution in [3.05, 3.63) is 28.2 Å². The molecule has 0 saturated heterocycles. The molecule has 1 unspecified atom stereocenters. The van der Waals surface area contributed by atoms with E-state index in [-0.39, 0.29) is 0 Å². The molecule has 0 fully saturated rings. The lowest BCUT2D eigenvalue weighted by Gasteiger charge is -2.29. The van der Waals surface area contributed by atoms with E-state index >= 15 is 0 Å². The summed E-state index contributed by atoms with van der Waals surface area (Å²) in [6, 6.07) is 7.41. The molecule has 0 radical (unpaired) electrons. The Hall–Kier alpha value is -0.540. The molecule has 1 aromatic carbocycles. The Kier molecular flexibility index (Phi) is 6.16. The van der Waals surface area contributed by atoms with Crippen molar-refractivity contribution in [2.45, 2.75) is 46.2 Å². The van der Waals surface area contributed by atoms with Crippen LogP contribution in [0.5, 0.6) is 0 Å². The molecular weight excluding hydrogens is 288 g/mol. The van der Waals surface area contributed by atoms with Crippen molar-refractivity contribution in [1.29, 1.82) is 0 Å².